The third kappa shape index (κ3) is 3.17. The third-order valence-electron chi connectivity index (χ3n) is 2.26. The van der Waals surface area contributed by atoms with Gasteiger partial charge in [-0.1, -0.05) is 6.07 Å². The monoisotopic (exact) mass is 332 g/mol. The molecule has 0 aliphatic rings. The number of pyridine rings is 1. The summed E-state index contributed by atoms with van der Waals surface area (Å²) in [5.74, 6) is 0.280. The normalized spacial score (nSPS) is 11.4. The molecule has 0 bridgehead atoms. The van der Waals surface area contributed by atoms with Gasteiger partial charge in [0, 0.05) is 6.20 Å². The number of aromatic nitrogens is 1. The van der Waals surface area contributed by atoms with E-state index in [0.717, 1.165) is 12.1 Å². The smallest absolute Gasteiger partial charge is 0.416 e. The molecule has 0 spiro atoms. The lowest BCUT2D eigenvalue weighted by molar-refractivity contribution is -0.137. The lowest BCUT2D eigenvalue weighted by Crippen LogP contribution is -2.04. The van der Waals surface area contributed by atoms with Gasteiger partial charge in [-0.05, 0) is 34.1 Å². The zero-order valence-electron chi connectivity index (χ0n) is 9.41. The number of ether oxygens (including phenoxy) is 1. The summed E-state index contributed by atoms with van der Waals surface area (Å²) < 4.78 is 43.5. The van der Waals surface area contributed by atoms with Crippen LogP contribution >= 0.6 is 15.9 Å². The van der Waals surface area contributed by atoms with Crippen LogP contribution in [0.5, 0.6) is 11.5 Å². The van der Waals surface area contributed by atoms with Gasteiger partial charge in [0.2, 0.25) is 0 Å². The standard InChI is InChI=1S/C12H8BrF3N2O/c13-9-5-18-6-10(17)11(9)19-8-3-1-2-7(4-8)12(14,15)16/h1-6H,17H2. The highest BCUT2D eigenvalue weighted by Gasteiger charge is 2.30. The summed E-state index contributed by atoms with van der Waals surface area (Å²) in [6, 6.07) is 4.56. The SMILES string of the molecule is Nc1cncc(Br)c1Oc1cccc(C(F)(F)F)c1. The van der Waals surface area contributed by atoms with Gasteiger partial charge >= 0.3 is 6.18 Å². The van der Waals surface area contributed by atoms with E-state index in [1.807, 2.05) is 0 Å². The first kappa shape index (κ1) is 13.7. The molecule has 100 valence electrons. The average Bonchev–Trinajstić information content (AvgIpc) is 2.33. The molecule has 0 radical (unpaired) electrons. The van der Waals surface area contributed by atoms with Gasteiger partial charge in [0.1, 0.15) is 5.75 Å². The first-order valence-electron chi connectivity index (χ1n) is 5.12. The molecule has 0 saturated heterocycles. The number of nitrogen functional groups attached to an aromatic ring is 1. The van der Waals surface area contributed by atoms with Gasteiger partial charge in [0.25, 0.3) is 0 Å². The Labute approximate surface area is 115 Å². The van der Waals surface area contributed by atoms with E-state index < -0.39 is 11.7 Å². The van der Waals surface area contributed by atoms with Crippen molar-refractivity contribution < 1.29 is 17.9 Å². The summed E-state index contributed by atoms with van der Waals surface area (Å²) >= 11 is 3.17. The molecule has 2 N–H and O–H groups in total. The zero-order chi connectivity index (χ0) is 14.0. The maximum Gasteiger partial charge on any atom is 0.416 e. The number of rotatable bonds is 2. The van der Waals surface area contributed by atoms with Crippen molar-refractivity contribution in [3.05, 3.63) is 46.7 Å². The van der Waals surface area contributed by atoms with Crippen molar-refractivity contribution in [2.45, 2.75) is 6.18 Å². The van der Waals surface area contributed by atoms with Crippen molar-refractivity contribution in [3.63, 3.8) is 0 Å². The number of halogens is 4. The van der Waals surface area contributed by atoms with Crippen LogP contribution in [0.4, 0.5) is 18.9 Å². The van der Waals surface area contributed by atoms with Crippen LogP contribution in [0.3, 0.4) is 0 Å². The molecule has 0 aliphatic carbocycles. The van der Waals surface area contributed by atoms with Crippen LogP contribution in [0.15, 0.2) is 41.1 Å². The van der Waals surface area contributed by atoms with Gasteiger partial charge in [0.15, 0.2) is 5.75 Å². The highest BCUT2D eigenvalue weighted by atomic mass is 79.9. The van der Waals surface area contributed by atoms with E-state index >= 15 is 0 Å². The summed E-state index contributed by atoms with van der Waals surface area (Å²) in [6.45, 7) is 0. The maximum absolute atomic E-state index is 12.6. The summed E-state index contributed by atoms with van der Waals surface area (Å²) in [4.78, 5) is 3.81. The van der Waals surface area contributed by atoms with Crippen LogP contribution in [0.1, 0.15) is 5.56 Å². The van der Waals surface area contributed by atoms with E-state index in [-0.39, 0.29) is 17.2 Å². The molecule has 1 heterocycles. The molecule has 0 unspecified atom stereocenters. The molecule has 19 heavy (non-hydrogen) atoms. The second kappa shape index (κ2) is 5.08. The van der Waals surface area contributed by atoms with Crippen LogP contribution in [0.2, 0.25) is 0 Å². The van der Waals surface area contributed by atoms with Gasteiger partial charge in [0.05, 0.1) is 21.9 Å². The second-order valence-corrected chi connectivity index (χ2v) is 4.52. The van der Waals surface area contributed by atoms with Crippen molar-refractivity contribution in [3.8, 4) is 11.5 Å². The summed E-state index contributed by atoms with van der Waals surface area (Å²) in [6.07, 6.45) is -1.62. The minimum Gasteiger partial charge on any atom is -0.454 e. The molecular formula is C12H8BrF3N2O. The van der Waals surface area contributed by atoms with E-state index in [9.17, 15) is 13.2 Å². The highest BCUT2D eigenvalue weighted by molar-refractivity contribution is 9.10. The Morgan fingerprint density at radius 3 is 2.58 bits per heavy atom. The Hall–Kier alpha value is -1.76. The molecule has 2 rings (SSSR count). The number of benzene rings is 1. The Kier molecular flexibility index (Phi) is 3.66. The van der Waals surface area contributed by atoms with Crippen LogP contribution in [-0.2, 0) is 6.18 Å². The minimum atomic E-state index is -4.42. The number of alkyl halides is 3. The fraction of sp³-hybridized carbons (Fsp3) is 0.0833. The predicted octanol–water partition coefficient (Wildman–Crippen LogP) is 4.24. The number of nitrogens with zero attached hydrogens (tertiary/aromatic N) is 1. The van der Waals surface area contributed by atoms with Crippen molar-refractivity contribution in [1.29, 1.82) is 0 Å². The van der Waals surface area contributed by atoms with E-state index in [0.29, 0.717) is 4.47 Å². The van der Waals surface area contributed by atoms with E-state index in [1.54, 1.807) is 0 Å². The van der Waals surface area contributed by atoms with Gasteiger partial charge in [-0.15, -0.1) is 0 Å². The Bertz CT molecular complexity index is 582. The molecule has 3 nitrogen and oxygen atoms in total. The van der Waals surface area contributed by atoms with Crippen molar-refractivity contribution in [2.75, 3.05) is 5.73 Å². The van der Waals surface area contributed by atoms with E-state index in [4.69, 9.17) is 10.5 Å². The average molecular weight is 333 g/mol. The maximum atomic E-state index is 12.6. The zero-order valence-corrected chi connectivity index (χ0v) is 11.0. The van der Waals surface area contributed by atoms with Crippen LogP contribution in [-0.4, -0.2) is 4.98 Å². The molecule has 2 aromatic rings. The van der Waals surface area contributed by atoms with Gasteiger partial charge < -0.3 is 10.5 Å². The van der Waals surface area contributed by atoms with Crippen LogP contribution in [0.25, 0.3) is 0 Å². The Morgan fingerprint density at radius 2 is 1.95 bits per heavy atom. The molecular weight excluding hydrogens is 325 g/mol. The molecule has 0 fully saturated rings. The van der Waals surface area contributed by atoms with Crippen molar-refractivity contribution >= 4 is 21.6 Å². The molecule has 0 atom stereocenters. The number of anilines is 1. The summed E-state index contributed by atoms with van der Waals surface area (Å²) in [5.41, 5.74) is 5.10. The lowest BCUT2D eigenvalue weighted by Gasteiger charge is -2.12. The van der Waals surface area contributed by atoms with Crippen molar-refractivity contribution in [2.24, 2.45) is 0 Å². The fourth-order valence-electron chi connectivity index (χ4n) is 1.40. The number of hydrogen-bond acceptors (Lipinski definition) is 3. The van der Waals surface area contributed by atoms with Crippen LogP contribution in [0, 0.1) is 0 Å². The number of nitrogens with two attached hydrogens (primary N) is 1. The predicted molar refractivity (Wildman–Crippen MR) is 67.9 cm³/mol. The van der Waals surface area contributed by atoms with Gasteiger partial charge in [-0.2, -0.15) is 13.2 Å². The van der Waals surface area contributed by atoms with Crippen LogP contribution < -0.4 is 10.5 Å². The quantitative estimate of drug-likeness (QED) is 0.894. The first-order valence-corrected chi connectivity index (χ1v) is 5.91. The topological polar surface area (TPSA) is 48.1 Å². The molecule has 0 saturated carbocycles. The number of hydrogen-bond donors (Lipinski definition) is 1. The fourth-order valence-corrected chi connectivity index (χ4v) is 1.83. The van der Waals surface area contributed by atoms with Gasteiger partial charge in [-0.3, -0.25) is 4.98 Å². The second-order valence-electron chi connectivity index (χ2n) is 3.67. The first-order chi connectivity index (χ1) is 8.88. The van der Waals surface area contributed by atoms with E-state index in [1.165, 1.54) is 24.5 Å². The lowest BCUT2D eigenvalue weighted by atomic mass is 10.2. The Morgan fingerprint density at radius 1 is 1.21 bits per heavy atom. The molecule has 0 aliphatic heterocycles. The molecule has 0 amide bonds. The molecule has 1 aromatic carbocycles. The third-order valence-corrected chi connectivity index (χ3v) is 2.83. The largest absolute Gasteiger partial charge is 0.454 e. The minimum absolute atomic E-state index is 0.0495. The summed E-state index contributed by atoms with van der Waals surface area (Å²) in [5, 5.41) is 0. The molecule has 7 heteroatoms. The van der Waals surface area contributed by atoms with E-state index in [2.05, 4.69) is 20.9 Å². The van der Waals surface area contributed by atoms with Crippen molar-refractivity contribution in [1.82, 2.24) is 4.98 Å². The highest BCUT2D eigenvalue weighted by Crippen LogP contribution is 2.36. The molecule has 1 aromatic heterocycles. The van der Waals surface area contributed by atoms with Gasteiger partial charge in [-0.25, -0.2) is 0 Å². The Balaban J connectivity index is 2.34. The summed E-state index contributed by atoms with van der Waals surface area (Å²) in [7, 11) is 0.